The van der Waals surface area contributed by atoms with Crippen molar-refractivity contribution in [2.24, 2.45) is 0 Å². The molecule has 1 atom stereocenters. The summed E-state index contributed by atoms with van der Waals surface area (Å²) in [6, 6.07) is 0.725. The summed E-state index contributed by atoms with van der Waals surface area (Å²) in [5.41, 5.74) is 0.447. The molecular weight excluding hydrogens is 240 g/mol. The number of piperazine rings is 1. The third-order valence-electron chi connectivity index (χ3n) is 4.47. The highest BCUT2D eigenvalue weighted by molar-refractivity contribution is 7.99. The highest BCUT2D eigenvalue weighted by atomic mass is 32.2. The lowest BCUT2D eigenvalue weighted by Crippen LogP contribution is -2.63. The lowest BCUT2D eigenvalue weighted by atomic mass is 9.92. The first-order valence-electron chi connectivity index (χ1n) is 7.30. The van der Waals surface area contributed by atoms with E-state index in [1.807, 2.05) is 11.8 Å². The Hall–Kier alpha value is -0.170. The second-order valence-corrected chi connectivity index (χ2v) is 6.76. The molecule has 1 N–H and O–H groups in total. The number of hydrogen-bond acceptors (Lipinski definition) is 3. The van der Waals surface area contributed by atoms with Crippen molar-refractivity contribution in [2.45, 2.75) is 50.6 Å². The van der Waals surface area contributed by atoms with E-state index in [1.165, 1.54) is 57.5 Å². The van der Waals surface area contributed by atoms with Crippen molar-refractivity contribution in [3.05, 3.63) is 0 Å². The molecule has 2 fully saturated rings. The fourth-order valence-electron chi connectivity index (χ4n) is 3.40. The Balaban J connectivity index is 1.85. The molecule has 1 unspecified atom stereocenters. The molecule has 0 radical (unpaired) electrons. The molecule has 1 saturated carbocycles. The van der Waals surface area contributed by atoms with Gasteiger partial charge in [-0.25, -0.2) is 0 Å². The zero-order valence-corrected chi connectivity index (χ0v) is 12.4. The Kier molecular flexibility index (Phi) is 5.41. The third-order valence-corrected chi connectivity index (χ3v) is 5.32. The predicted octanol–water partition coefficient (Wildman–Crippen LogP) is 2.35. The molecule has 1 heterocycles. The maximum absolute atomic E-state index is 5.30. The molecule has 2 nitrogen and oxygen atoms in total. The van der Waals surface area contributed by atoms with Crippen LogP contribution in [0.2, 0.25) is 0 Å². The van der Waals surface area contributed by atoms with Crippen molar-refractivity contribution in [2.75, 3.05) is 31.1 Å². The number of thioether (sulfide) groups is 1. The average molecular weight is 266 g/mol. The quantitative estimate of drug-likeness (QED) is 0.607. The minimum atomic E-state index is 0.447. The lowest BCUT2D eigenvalue weighted by Gasteiger charge is -2.46. The molecular formula is C15H26N2S. The molecule has 102 valence electrons. The zero-order chi connectivity index (χ0) is 12.8. The minimum Gasteiger partial charge on any atom is -0.308 e. The summed E-state index contributed by atoms with van der Waals surface area (Å²) in [5, 5.41) is 3.85. The van der Waals surface area contributed by atoms with Crippen LogP contribution in [0.1, 0.15) is 39.0 Å². The van der Waals surface area contributed by atoms with Crippen LogP contribution in [0.25, 0.3) is 0 Å². The SMILES string of the molecule is C#CCSCCN1CC2(CCCC2)NCC1CC. The van der Waals surface area contributed by atoms with Gasteiger partial charge in [0.2, 0.25) is 0 Å². The molecule has 18 heavy (non-hydrogen) atoms. The number of hydrogen-bond donors (Lipinski definition) is 1. The van der Waals surface area contributed by atoms with E-state index in [-0.39, 0.29) is 0 Å². The Labute approximate surface area is 116 Å². The topological polar surface area (TPSA) is 15.3 Å². The smallest absolute Gasteiger partial charge is 0.0545 e. The number of terminal acetylenes is 1. The fraction of sp³-hybridized carbons (Fsp3) is 0.867. The Morgan fingerprint density at radius 3 is 2.89 bits per heavy atom. The van der Waals surface area contributed by atoms with E-state index in [4.69, 9.17) is 6.42 Å². The van der Waals surface area contributed by atoms with E-state index in [2.05, 4.69) is 23.1 Å². The van der Waals surface area contributed by atoms with Crippen molar-refractivity contribution in [1.29, 1.82) is 0 Å². The molecule has 2 rings (SSSR count). The summed E-state index contributed by atoms with van der Waals surface area (Å²) < 4.78 is 0. The van der Waals surface area contributed by atoms with Gasteiger partial charge in [0.25, 0.3) is 0 Å². The summed E-state index contributed by atoms with van der Waals surface area (Å²) in [7, 11) is 0. The summed E-state index contributed by atoms with van der Waals surface area (Å²) in [6.45, 7) is 5.94. The number of nitrogens with one attached hydrogen (secondary N) is 1. The molecule has 0 amide bonds. The first-order valence-corrected chi connectivity index (χ1v) is 8.45. The van der Waals surface area contributed by atoms with Crippen LogP contribution in [-0.4, -0.2) is 47.6 Å². The maximum Gasteiger partial charge on any atom is 0.0545 e. The molecule has 1 aliphatic carbocycles. The van der Waals surface area contributed by atoms with Crippen molar-refractivity contribution < 1.29 is 0 Å². The van der Waals surface area contributed by atoms with Gasteiger partial charge in [0.15, 0.2) is 0 Å². The first kappa shape index (κ1) is 14.2. The van der Waals surface area contributed by atoms with E-state index in [0.717, 1.165) is 11.8 Å². The van der Waals surface area contributed by atoms with Crippen LogP contribution in [0.15, 0.2) is 0 Å². The van der Waals surface area contributed by atoms with E-state index < -0.39 is 0 Å². The van der Waals surface area contributed by atoms with Crippen LogP contribution in [-0.2, 0) is 0 Å². The minimum absolute atomic E-state index is 0.447. The van der Waals surface area contributed by atoms with Crippen LogP contribution in [0, 0.1) is 12.3 Å². The number of rotatable bonds is 5. The van der Waals surface area contributed by atoms with Gasteiger partial charge >= 0.3 is 0 Å². The first-order chi connectivity index (χ1) is 8.79. The van der Waals surface area contributed by atoms with Gasteiger partial charge in [-0.1, -0.05) is 25.7 Å². The van der Waals surface area contributed by atoms with Gasteiger partial charge in [-0.2, -0.15) is 0 Å². The van der Waals surface area contributed by atoms with Crippen LogP contribution in [0.3, 0.4) is 0 Å². The normalized spacial score (nSPS) is 27.4. The van der Waals surface area contributed by atoms with Gasteiger partial charge < -0.3 is 5.32 Å². The zero-order valence-electron chi connectivity index (χ0n) is 11.6. The van der Waals surface area contributed by atoms with Crippen molar-refractivity contribution in [3.63, 3.8) is 0 Å². The van der Waals surface area contributed by atoms with E-state index in [9.17, 15) is 0 Å². The highest BCUT2D eigenvalue weighted by Gasteiger charge is 2.40. The molecule has 0 aromatic heterocycles. The molecule has 0 aromatic carbocycles. The Bertz CT molecular complexity index is 291. The van der Waals surface area contributed by atoms with Crippen LogP contribution < -0.4 is 5.32 Å². The third kappa shape index (κ3) is 3.44. The van der Waals surface area contributed by atoms with Crippen LogP contribution >= 0.6 is 11.8 Å². The Morgan fingerprint density at radius 2 is 2.22 bits per heavy atom. The molecule has 0 aromatic rings. The van der Waals surface area contributed by atoms with Gasteiger partial charge in [0, 0.05) is 37.0 Å². The van der Waals surface area contributed by atoms with Crippen LogP contribution in [0.5, 0.6) is 0 Å². The van der Waals surface area contributed by atoms with Crippen molar-refractivity contribution in [3.8, 4) is 12.3 Å². The van der Waals surface area contributed by atoms with Gasteiger partial charge in [-0.15, -0.1) is 18.2 Å². The largest absolute Gasteiger partial charge is 0.308 e. The molecule has 2 aliphatic rings. The number of nitrogens with zero attached hydrogens (tertiary/aromatic N) is 1. The van der Waals surface area contributed by atoms with Gasteiger partial charge in [-0.3, -0.25) is 4.90 Å². The summed E-state index contributed by atoms with van der Waals surface area (Å²) in [6.07, 6.45) is 12.1. The second kappa shape index (κ2) is 6.84. The molecule has 1 saturated heterocycles. The summed E-state index contributed by atoms with van der Waals surface area (Å²) in [4.78, 5) is 2.71. The molecule has 0 bridgehead atoms. The van der Waals surface area contributed by atoms with Gasteiger partial charge in [0.05, 0.1) is 5.75 Å². The monoisotopic (exact) mass is 266 g/mol. The molecule has 1 aliphatic heterocycles. The van der Waals surface area contributed by atoms with Crippen molar-refractivity contribution >= 4 is 11.8 Å². The lowest BCUT2D eigenvalue weighted by molar-refractivity contribution is 0.0845. The van der Waals surface area contributed by atoms with Gasteiger partial charge in [-0.05, 0) is 19.3 Å². The highest BCUT2D eigenvalue weighted by Crippen LogP contribution is 2.33. The predicted molar refractivity (Wildman–Crippen MR) is 81.0 cm³/mol. The van der Waals surface area contributed by atoms with Gasteiger partial charge in [0.1, 0.15) is 0 Å². The standard InChI is InChI=1S/C15H26N2S/c1-3-10-18-11-9-17-13-15(7-5-6-8-15)16-12-14(17)4-2/h1,14,16H,4-13H2,2H3. The average Bonchev–Trinajstić information content (AvgIpc) is 2.83. The Morgan fingerprint density at radius 1 is 1.44 bits per heavy atom. The maximum atomic E-state index is 5.30. The van der Waals surface area contributed by atoms with Crippen LogP contribution in [0.4, 0.5) is 0 Å². The van der Waals surface area contributed by atoms with E-state index in [1.54, 1.807) is 0 Å². The van der Waals surface area contributed by atoms with Crippen molar-refractivity contribution in [1.82, 2.24) is 10.2 Å². The fourth-order valence-corrected chi connectivity index (χ4v) is 4.03. The molecule has 1 spiro atoms. The van der Waals surface area contributed by atoms with E-state index in [0.29, 0.717) is 5.54 Å². The van der Waals surface area contributed by atoms with E-state index >= 15 is 0 Å². The summed E-state index contributed by atoms with van der Waals surface area (Å²) in [5.74, 6) is 4.74. The molecule has 3 heteroatoms. The second-order valence-electron chi connectivity index (χ2n) is 5.66. The summed E-state index contributed by atoms with van der Waals surface area (Å²) >= 11 is 1.89.